The number of nitrogens with one attached hydrogen (secondary N) is 1. The highest BCUT2D eigenvalue weighted by atomic mass is 16.6. The van der Waals surface area contributed by atoms with Gasteiger partial charge in [-0.25, -0.2) is 0 Å². The summed E-state index contributed by atoms with van der Waals surface area (Å²) in [5, 5.41) is 20.3. The zero-order valence-electron chi connectivity index (χ0n) is 14.7. The van der Waals surface area contributed by atoms with Crippen molar-refractivity contribution in [3.05, 3.63) is 33.9 Å². The van der Waals surface area contributed by atoms with E-state index in [1.807, 2.05) is 0 Å². The summed E-state index contributed by atoms with van der Waals surface area (Å²) in [4.78, 5) is 28.8. The van der Waals surface area contributed by atoms with Crippen LogP contribution in [0.2, 0.25) is 0 Å². The Morgan fingerprint density at radius 1 is 1.23 bits per heavy atom. The number of nitrogens with zero attached hydrogens (tertiary/aromatic N) is 3. The van der Waals surface area contributed by atoms with Crippen molar-refractivity contribution in [2.75, 3.05) is 70.5 Å². The van der Waals surface area contributed by atoms with Crippen LogP contribution in [0.4, 0.5) is 11.4 Å². The Balaban J connectivity index is 1.84. The molecule has 2 aliphatic heterocycles. The number of hydrogen-bond donors (Lipinski definition) is 2. The van der Waals surface area contributed by atoms with Crippen LogP contribution in [-0.2, 0) is 4.74 Å². The van der Waals surface area contributed by atoms with Gasteiger partial charge in [0.15, 0.2) is 0 Å². The number of morpholine rings is 1. The van der Waals surface area contributed by atoms with E-state index in [1.165, 1.54) is 17.0 Å². The van der Waals surface area contributed by atoms with Crippen molar-refractivity contribution in [3.8, 4) is 0 Å². The monoisotopic (exact) mass is 365 g/mol. The van der Waals surface area contributed by atoms with Crippen molar-refractivity contribution in [2.45, 2.75) is 0 Å². The van der Waals surface area contributed by atoms with Crippen molar-refractivity contribution in [1.82, 2.24) is 4.90 Å². The molecule has 0 aliphatic carbocycles. The quantitative estimate of drug-likeness (QED) is 0.500. The number of piperazine rings is 1. The van der Waals surface area contributed by atoms with Crippen LogP contribution in [0.3, 0.4) is 0 Å². The minimum absolute atomic E-state index is 0.0742. The van der Waals surface area contributed by atoms with E-state index in [9.17, 15) is 14.9 Å². The second kappa shape index (κ2) is 8.43. The number of carbonyl (C=O) groups is 1. The summed E-state index contributed by atoms with van der Waals surface area (Å²) >= 11 is 0. The summed E-state index contributed by atoms with van der Waals surface area (Å²) in [5.41, 5.74) is 1.05. The van der Waals surface area contributed by atoms with Crippen LogP contribution in [0.1, 0.15) is 10.4 Å². The number of benzene rings is 1. The fraction of sp³-hybridized carbons (Fsp3) is 0.588. The Bertz CT molecular complexity index is 655. The van der Waals surface area contributed by atoms with Crippen LogP contribution in [0.25, 0.3) is 0 Å². The molecule has 0 radical (unpaired) electrons. The lowest BCUT2D eigenvalue weighted by Crippen LogP contribution is -3.15. The molecule has 2 N–H and O–H groups in total. The molecule has 0 saturated carbocycles. The molecule has 2 saturated heterocycles. The smallest absolute Gasteiger partial charge is 0.270 e. The third kappa shape index (κ3) is 4.12. The average molecular weight is 365 g/mol. The number of amides is 1. The van der Waals surface area contributed by atoms with Gasteiger partial charge in [-0.2, -0.15) is 0 Å². The fourth-order valence-electron chi connectivity index (χ4n) is 3.49. The number of anilines is 1. The number of carbonyl (C=O) groups excluding carboxylic acids is 1. The van der Waals surface area contributed by atoms with Gasteiger partial charge in [-0.3, -0.25) is 14.9 Å². The van der Waals surface area contributed by atoms with Gasteiger partial charge in [0.2, 0.25) is 0 Å². The van der Waals surface area contributed by atoms with E-state index in [4.69, 9.17) is 9.84 Å². The maximum atomic E-state index is 13.0. The molecule has 2 aliphatic rings. The minimum atomic E-state index is -0.469. The molecule has 2 fully saturated rings. The standard InChI is InChI=1S/C17H24N4O5/c22-10-7-18-3-5-19(6-4-18)16-2-1-14(21(24)25)13-15(16)17(23)20-8-11-26-12-9-20/h1-2,13,22H,3-12H2/p+1. The Morgan fingerprint density at radius 3 is 2.54 bits per heavy atom. The minimum Gasteiger partial charge on any atom is -0.391 e. The van der Waals surface area contributed by atoms with Gasteiger partial charge >= 0.3 is 0 Å². The number of aliphatic hydroxyl groups is 1. The third-order valence-electron chi connectivity index (χ3n) is 5.00. The number of nitro benzene ring substituents is 1. The number of aliphatic hydroxyl groups excluding tert-OH is 1. The van der Waals surface area contributed by atoms with E-state index in [2.05, 4.69) is 4.90 Å². The molecular formula is C17H25N4O5+. The molecule has 1 amide bonds. The SMILES string of the molecule is O=C(c1cc([N+](=O)[O-])ccc1N1CC[NH+](CCO)CC1)N1CCOCC1. The van der Waals surface area contributed by atoms with E-state index >= 15 is 0 Å². The Labute approximate surface area is 151 Å². The molecule has 0 aromatic heterocycles. The molecule has 0 unspecified atom stereocenters. The van der Waals surface area contributed by atoms with Gasteiger partial charge in [-0.15, -0.1) is 0 Å². The molecule has 0 spiro atoms. The molecular weight excluding hydrogens is 340 g/mol. The summed E-state index contributed by atoms with van der Waals surface area (Å²) in [5.74, 6) is -0.183. The van der Waals surface area contributed by atoms with Crippen molar-refractivity contribution < 1.29 is 24.5 Å². The predicted octanol–water partition coefficient (Wildman–Crippen LogP) is -1.24. The van der Waals surface area contributed by atoms with Gasteiger partial charge < -0.3 is 24.5 Å². The topological polar surface area (TPSA) is 101 Å². The van der Waals surface area contributed by atoms with E-state index in [1.54, 1.807) is 11.0 Å². The first-order valence-corrected chi connectivity index (χ1v) is 8.95. The van der Waals surface area contributed by atoms with Crippen molar-refractivity contribution in [1.29, 1.82) is 0 Å². The van der Waals surface area contributed by atoms with Gasteiger partial charge in [-0.05, 0) is 6.07 Å². The molecule has 26 heavy (non-hydrogen) atoms. The summed E-state index contributed by atoms with van der Waals surface area (Å²) in [6.07, 6.45) is 0. The number of quaternary nitrogens is 1. The maximum Gasteiger partial charge on any atom is 0.270 e. The molecule has 1 aromatic rings. The van der Waals surface area contributed by atoms with Crippen LogP contribution >= 0.6 is 0 Å². The van der Waals surface area contributed by atoms with Crippen LogP contribution in [0.15, 0.2) is 18.2 Å². The molecule has 9 nitrogen and oxygen atoms in total. The van der Waals surface area contributed by atoms with Gasteiger partial charge in [-0.1, -0.05) is 0 Å². The van der Waals surface area contributed by atoms with E-state index in [0.29, 0.717) is 38.4 Å². The summed E-state index contributed by atoms with van der Waals surface area (Å²) in [7, 11) is 0. The third-order valence-corrected chi connectivity index (χ3v) is 5.00. The number of nitro groups is 1. The molecule has 2 heterocycles. The molecule has 142 valence electrons. The van der Waals surface area contributed by atoms with E-state index in [-0.39, 0.29) is 18.2 Å². The molecule has 1 aromatic carbocycles. The second-order valence-corrected chi connectivity index (χ2v) is 6.57. The Kier molecular flexibility index (Phi) is 6.02. The van der Waals surface area contributed by atoms with Crippen LogP contribution in [-0.4, -0.2) is 86.5 Å². The maximum absolute atomic E-state index is 13.0. The van der Waals surface area contributed by atoms with E-state index in [0.717, 1.165) is 31.9 Å². The van der Waals surface area contributed by atoms with Gasteiger partial charge in [0.05, 0.1) is 62.2 Å². The summed E-state index contributed by atoms with van der Waals surface area (Å²) < 4.78 is 5.29. The summed E-state index contributed by atoms with van der Waals surface area (Å²) in [6, 6.07) is 4.53. The van der Waals surface area contributed by atoms with Crippen LogP contribution < -0.4 is 9.80 Å². The average Bonchev–Trinajstić information content (AvgIpc) is 2.68. The lowest BCUT2D eigenvalue weighted by Gasteiger charge is -2.35. The number of non-ortho nitro benzene ring substituents is 1. The van der Waals surface area contributed by atoms with Crippen molar-refractivity contribution >= 4 is 17.3 Å². The molecule has 9 heteroatoms. The van der Waals surface area contributed by atoms with Gasteiger partial charge in [0.1, 0.15) is 6.54 Å². The molecule has 0 bridgehead atoms. The van der Waals surface area contributed by atoms with Gasteiger partial charge in [0, 0.05) is 25.2 Å². The molecule has 3 rings (SSSR count). The molecule has 0 atom stereocenters. The second-order valence-electron chi connectivity index (χ2n) is 6.57. The zero-order chi connectivity index (χ0) is 18.5. The first kappa shape index (κ1) is 18.6. The van der Waals surface area contributed by atoms with Crippen LogP contribution in [0.5, 0.6) is 0 Å². The van der Waals surface area contributed by atoms with Gasteiger partial charge in [0.25, 0.3) is 11.6 Å². The first-order valence-electron chi connectivity index (χ1n) is 8.95. The van der Waals surface area contributed by atoms with Crippen molar-refractivity contribution in [3.63, 3.8) is 0 Å². The predicted molar refractivity (Wildman–Crippen MR) is 94.7 cm³/mol. The zero-order valence-corrected chi connectivity index (χ0v) is 14.7. The normalized spacial score (nSPS) is 18.8. The van der Waals surface area contributed by atoms with Crippen LogP contribution in [0, 0.1) is 10.1 Å². The highest BCUT2D eigenvalue weighted by molar-refractivity contribution is 6.00. The van der Waals surface area contributed by atoms with E-state index < -0.39 is 4.92 Å². The fourth-order valence-corrected chi connectivity index (χ4v) is 3.49. The number of ether oxygens (including phenoxy) is 1. The Morgan fingerprint density at radius 2 is 1.92 bits per heavy atom. The number of hydrogen-bond acceptors (Lipinski definition) is 6. The lowest BCUT2D eigenvalue weighted by molar-refractivity contribution is -0.900. The highest BCUT2D eigenvalue weighted by Crippen LogP contribution is 2.27. The number of rotatable bonds is 5. The summed E-state index contributed by atoms with van der Waals surface area (Å²) in [6.45, 7) is 6.06. The van der Waals surface area contributed by atoms with Crippen molar-refractivity contribution in [2.24, 2.45) is 0 Å². The Hall–Kier alpha value is -2.23. The highest BCUT2D eigenvalue weighted by Gasteiger charge is 2.28. The largest absolute Gasteiger partial charge is 0.391 e. The lowest BCUT2D eigenvalue weighted by atomic mass is 10.1. The first-order chi connectivity index (χ1) is 12.6.